The number of aromatic hydroxyl groups is 1. The Balaban J connectivity index is 1.97. The second kappa shape index (κ2) is 7.14. The summed E-state index contributed by atoms with van der Waals surface area (Å²) in [6.07, 6.45) is 0.268. The molecule has 0 saturated carbocycles. The third-order valence-corrected chi connectivity index (χ3v) is 5.39. The van der Waals surface area contributed by atoms with E-state index in [1.54, 1.807) is 12.1 Å². The summed E-state index contributed by atoms with van der Waals surface area (Å²) < 4.78 is 5.55. The highest BCUT2D eigenvalue weighted by Crippen LogP contribution is 2.23. The lowest BCUT2D eigenvalue weighted by molar-refractivity contribution is -0.133. The van der Waals surface area contributed by atoms with Gasteiger partial charge in [-0.15, -0.1) is 0 Å². The number of ether oxygens (including phenoxy) is 1. The van der Waals surface area contributed by atoms with Crippen LogP contribution in [0.15, 0.2) is 24.3 Å². The van der Waals surface area contributed by atoms with E-state index < -0.39 is 8.07 Å². The van der Waals surface area contributed by atoms with Gasteiger partial charge < -0.3 is 9.84 Å². The molecule has 1 aliphatic heterocycles. The zero-order valence-electron chi connectivity index (χ0n) is 13.9. The zero-order chi connectivity index (χ0) is 17.0. The van der Waals surface area contributed by atoms with Gasteiger partial charge in [0.05, 0.1) is 0 Å². The van der Waals surface area contributed by atoms with Gasteiger partial charge in [-0.25, -0.2) is 9.69 Å². The van der Waals surface area contributed by atoms with Crippen molar-refractivity contribution in [2.24, 2.45) is 0 Å². The summed E-state index contributed by atoms with van der Waals surface area (Å²) in [4.78, 5) is 27.2. The van der Waals surface area contributed by atoms with E-state index in [0.717, 1.165) is 10.9 Å². The van der Waals surface area contributed by atoms with Crippen molar-refractivity contribution in [2.45, 2.75) is 32.1 Å². The zero-order valence-corrected chi connectivity index (χ0v) is 14.9. The first-order valence-electron chi connectivity index (χ1n) is 7.76. The maximum Gasteiger partial charge on any atom is 0.333 e. The molecule has 1 aromatic rings. The Labute approximate surface area is 137 Å². The quantitative estimate of drug-likeness (QED) is 0.640. The number of benzene rings is 1. The average Bonchev–Trinajstić information content (AvgIpc) is 2.46. The monoisotopic (exact) mass is 336 g/mol. The Morgan fingerprint density at radius 3 is 2.43 bits per heavy atom. The number of carbonyl (C=O) groups is 2. The fourth-order valence-corrected chi connectivity index (χ4v) is 2.98. The molecule has 0 radical (unpaired) electrons. The molecular formula is C16H24N2O4Si. The summed E-state index contributed by atoms with van der Waals surface area (Å²) in [5.74, 6) is -0.0705. The Morgan fingerprint density at radius 2 is 1.83 bits per heavy atom. The molecule has 1 aliphatic rings. The fraction of sp³-hybridized carbons (Fsp3) is 0.500. The average molecular weight is 336 g/mol. The van der Waals surface area contributed by atoms with Gasteiger partial charge in [0.1, 0.15) is 12.5 Å². The normalized spacial score (nSPS) is 16.1. The molecule has 1 N–H and O–H groups in total. The number of hydrogen-bond acceptors (Lipinski definition) is 4. The van der Waals surface area contributed by atoms with Crippen LogP contribution in [-0.4, -0.2) is 49.9 Å². The van der Waals surface area contributed by atoms with Crippen molar-refractivity contribution in [1.82, 2.24) is 4.90 Å². The molecule has 6 nitrogen and oxygen atoms in total. The highest BCUT2D eigenvalue weighted by molar-refractivity contribution is 6.76. The van der Waals surface area contributed by atoms with Crippen LogP contribution in [0.3, 0.4) is 0 Å². The van der Waals surface area contributed by atoms with Crippen molar-refractivity contribution in [3.05, 3.63) is 24.3 Å². The van der Waals surface area contributed by atoms with Gasteiger partial charge in [-0.3, -0.25) is 9.69 Å². The fourth-order valence-electron chi connectivity index (χ4n) is 2.22. The first-order chi connectivity index (χ1) is 10.8. The van der Waals surface area contributed by atoms with E-state index in [-0.39, 0.29) is 30.8 Å². The first kappa shape index (κ1) is 17.5. The minimum Gasteiger partial charge on any atom is -0.508 e. The third-order valence-electron chi connectivity index (χ3n) is 3.69. The molecule has 126 valence electrons. The van der Waals surface area contributed by atoms with Crippen LogP contribution in [0.25, 0.3) is 0 Å². The molecule has 7 heteroatoms. The summed E-state index contributed by atoms with van der Waals surface area (Å²) in [7, 11) is -1.20. The topological polar surface area (TPSA) is 70.1 Å². The van der Waals surface area contributed by atoms with E-state index in [1.165, 1.54) is 17.0 Å². The lowest BCUT2D eigenvalue weighted by atomic mass is 10.2. The van der Waals surface area contributed by atoms with Gasteiger partial charge in [-0.2, -0.15) is 0 Å². The van der Waals surface area contributed by atoms with Crippen molar-refractivity contribution < 1.29 is 19.4 Å². The standard InChI is InChI=1S/C16H24N2O4Si/c1-23(2,3)11-10-22-12-18-15(20)8-9-17(16(18)21)13-4-6-14(19)7-5-13/h4-7,19H,8-12H2,1-3H3. The molecule has 0 bridgehead atoms. The van der Waals surface area contributed by atoms with Crippen molar-refractivity contribution in [1.29, 1.82) is 0 Å². The molecule has 0 unspecified atom stereocenters. The van der Waals surface area contributed by atoms with Gasteiger partial charge in [0.15, 0.2) is 0 Å². The Morgan fingerprint density at radius 1 is 1.17 bits per heavy atom. The minimum absolute atomic E-state index is 0.00324. The number of phenols is 1. The number of phenolic OH excluding ortho intramolecular Hbond substituents is 1. The van der Waals surface area contributed by atoms with E-state index in [4.69, 9.17) is 4.74 Å². The van der Waals surface area contributed by atoms with Gasteiger partial charge in [0.25, 0.3) is 0 Å². The summed E-state index contributed by atoms with van der Waals surface area (Å²) in [6, 6.07) is 6.98. The lowest BCUT2D eigenvalue weighted by Gasteiger charge is -2.34. The molecule has 2 rings (SSSR count). The summed E-state index contributed by atoms with van der Waals surface area (Å²) >= 11 is 0. The number of imide groups is 1. The Kier molecular flexibility index (Phi) is 5.43. The molecule has 1 fully saturated rings. The summed E-state index contributed by atoms with van der Waals surface area (Å²) in [5.41, 5.74) is 0.660. The smallest absolute Gasteiger partial charge is 0.333 e. The van der Waals surface area contributed by atoms with Crippen LogP contribution in [0.2, 0.25) is 25.7 Å². The molecule has 1 saturated heterocycles. The number of nitrogens with zero attached hydrogens (tertiary/aromatic N) is 2. The second-order valence-corrected chi connectivity index (χ2v) is 12.5. The van der Waals surface area contributed by atoms with E-state index >= 15 is 0 Å². The molecule has 0 spiro atoms. The number of hydrogen-bond donors (Lipinski definition) is 1. The van der Waals surface area contributed by atoms with E-state index in [9.17, 15) is 14.7 Å². The highest BCUT2D eigenvalue weighted by Gasteiger charge is 2.32. The molecule has 23 heavy (non-hydrogen) atoms. The van der Waals surface area contributed by atoms with Gasteiger partial charge in [0, 0.05) is 33.3 Å². The lowest BCUT2D eigenvalue weighted by Crippen LogP contribution is -2.53. The van der Waals surface area contributed by atoms with Crippen molar-refractivity contribution in [2.75, 3.05) is 24.8 Å². The van der Waals surface area contributed by atoms with Crippen molar-refractivity contribution in [3.63, 3.8) is 0 Å². The molecule has 0 aliphatic carbocycles. The third kappa shape index (κ3) is 4.80. The SMILES string of the molecule is C[Si](C)(C)CCOCN1C(=O)CCN(c2ccc(O)cc2)C1=O. The molecular weight excluding hydrogens is 312 g/mol. The summed E-state index contributed by atoms with van der Waals surface area (Å²) in [6.45, 7) is 7.65. The number of carbonyl (C=O) groups excluding carboxylic acids is 2. The van der Waals surface area contributed by atoms with Gasteiger partial charge in [-0.05, 0) is 30.3 Å². The number of amides is 3. The Hall–Kier alpha value is -1.86. The predicted molar refractivity (Wildman–Crippen MR) is 91.3 cm³/mol. The van der Waals surface area contributed by atoms with Crippen LogP contribution in [0.5, 0.6) is 5.75 Å². The maximum absolute atomic E-state index is 12.5. The van der Waals surface area contributed by atoms with Crippen LogP contribution in [0, 0.1) is 0 Å². The number of urea groups is 1. The van der Waals surface area contributed by atoms with Crippen molar-refractivity contribution in [3.8, 4) is 5.75 Å². The van der Waals surface area contributed by atoms with Gasteiger partial charge in [-0.1, -0.05) is 19.6 Å². The minimum atomic E-state index is -1.20. The van der Waals surface area contributed by atoms with Gasteiger partial charge >= 0.3 is 6.03 Å². The van der Waals surface area contributed by atoms with E-state index in [2.05, 4.69) is 19.6 Å². The van der Waals surface area contributed by atoms with E-state index in [0.29, 0.717) is 18.8 Å². The van der Waals surface area contributed by atoms with Crippen LogP contribution < -0.4 is 4.90 Å². The molecule has 1 aromatic carbocycles. The number of rotatable bonds is 6. The highest BCUT2D eigenvalue weighted by atomic mass is 28.3. The Bertz CT molecular complexity index is 568. The summed E-state index contributed by atoms with van der Waals surface area (Å²) in [5, 5.41) is 9.34. The first-order valence-corrected chi connectivity index (χ1v) is 11.5. The maximum atomic E-state index is 12.5. The van der Waals surface area contributed by atoms with Crippen LogP contribution in [-0.2, 0) is 9.53 Å². The molecule has 0 aromatic heterocycles. The molecule has 0 atom stereocenters. The molecule has 3 amide bonds. The second-order valence-electron chi connectivity index (χ2n) is 6.87. The van der Waals surface area contributed by atoms with Crippen LogP contribution >= 0.6 is 0 Å². The predicted octanol–water partition coefficient (Wildman–Crippen LogP) is 2.86. The van der Waals surface area contributed by atoms with Crippen molar-refractivity contribution >= 4 is 25.7 Å². The molecule has 1 heterocycles. The van der Waals surface area contributed by atoms with Crippen LogP contribution in [0.1, 0.15) is 6.42 Å². The van der Waals surface area contributed by atoms with Gasteiger partial charge in [0.2, 0.25) is 5.91 Å². The van der Waals surface area contributed by atoms with E-state index in [1.807, 2.05) is 0 Å². The largest absolute Gasteiger partial charge is 0.508 e. The van der Waals surface area contributed by atoms with Crippen LogP contribution in [0.4, 0.5) is 10.5 Å². The number of anilines is 1.